The van der Waals surface area contributed by atoms with E-state index < -0.39 is 29.3 Å². The van der Waals surface area contributed by atoms with Gasteiger partial charge in [0.05, 0.1) is 30.7 Å². The predicted octanol–water partition coefficient (Wildman–Crippen LogP) is 3.17. The zero-order valence-corrected chi connectivity index (χ0v) is 20.7. The van der Waals surface area contributed by atoms with Crippen molar-refractivity contribution in [3.8, 4) is 5.75 Å². The maximum atomic E-state index is 13.1. The van der Waals surface area contributed by atoms with Crippen LogP contribution in [0.4, 0.5) is 4.79 Å². The van der Waals surface area contributed by atoms with Crippen LogP contribution >= 0.6 is 11.6 Å². The topological polar surface area (TPSA) is 112 Å². The van der Waals surface area contributed by atoms with Gasteiger partial charge in [-0.2, -0.15) is 4.73 Å². The van der Waals surface area contributed by atoms with Gasteiger partial charge >= 0.3 is 12.1 Å². The number of carbonyl (C=O) groups is 2. The van der Waals surface area contributed by atoms with Crippen molar-refractivity contribution in [1.29, 1.82) is 0 Å². The Kier molecular flexibility index (Phi) is 6.06. The van der Waals surface area contributed by atoms with Gasteiger partial charge in [0.2, 0.25) is 11.2 Å². The molecular weight excluding hydrogens is 464 g/mol. The van der Waals surface area contributed by atoms with Gasteiger partial charge < -0.3 is 24.5 Å². The van der Waals surface area contributed by atoms with Crippen LogP contribution in [-0.2, 0) is 27.3 Å². The van der Waals surface area contributed by atoms with E-state index in [1.807, 2.05) is 0 Å². The summed E-state index contributed by atoms with van der Waals surface area (Å²) in [5.74, 6) is -0.165. The molecule has 2 aliphatic heterocycles. The molecule has 0 saturated carbocycles. The van der Waals surface area contributed by atoms with Crippen molar-refractivity contribution < 1.29 is 33.6 Å². The van der Waals surface area contributed by atoms with Crippen molar-refractivity contribution in [2.75, 3.05) is 13.7 Å². The van der Waals surface area contributed by atoms with Crippen molar-refractivity contribution in [1.82, 2.24) is 4.90 Å². The largest absolute Gasteiger partial charge is 0.618 e. The zero-order valence-electron chi connectivity index (χ0n) is 19.9. The van der Waals surface area contributed by atoms with Gasteiger partial charge in [0.15, 0.2) is 5.75 Å². The number of aliphatic hydroxyl groups excluding tert-OH is 1. The van der Waals surface area contributed by atoms with Crippen LogP contribution in [-0.4, -0.2) is 53.0 Å². The average Bonchev–Trinajstić information content (AvgIpc) is 3.15. The number of carbonyl (C=O) groups excluding carboxylic acids is 2. The highest BCUT2D eigenvalue weighted by Gasteiger charge is 2.54. The number of ether oxygens (including phenoxy) is 3. The van der Waals surface area contributed by atoms with Crippen LogP contribution in [0.2, 0.25) is 5.02 Å². The lowest BCUT2D eigenvalue weighted by molar-refractivity contribution is -0.584. The van der Waals surface area contributed by atoms with E-state index in [0.29, 0.717) is 45.8 Å². The van der Waals surface area contributed by atoms with Crippen LogP contribution in [0.15, 0.2) is 12.1 Å². The number of amides is 1. The predicted molar refractivity (Wildman–Crippen MR) is 124 cm³/mol. The number of pyridine rings is 1. The van der Waals surface area contributed by atoms with Crippen molar-refractivity contribution in [2.45, 2.75) is 70.8 Å². The number of hydrogen-bond donors (Lipinski definition) is 1. The molecule has 0 bridgehead atoms. The summed E-state index contributed by atoms with van der Waals surface area (Å²) in [6.07, 6.45) is 0.583. The number of aromatic nitrogens is 1. The van der Waals surface area contributed by atoms with Gasteiger partial charge in [-0.3, -0.25) is 4.90 Å². The van der Waals surface area contributed by atoms with Crippen molar-refractivity contribution in [3.05, 3.63) is 39.2 Å². The van der Waals surface area contributed by atoms with Crippen LogP contribution in [0, 0.1) is 12.1 Å². The van der Waals surface area contributed by atoms with E-state index >= 15 is 0 Å². The number of benzene rings is 1. The van der Waals surface area contributed by atoms with Crippen LogP contribution in [0.25, 0.3) is 10.9 Å². The average molecular weight is 493 g/mol. The normalized spacial score (nSPS) is 22.0. The molecule has 1 spiro atoms. The molecule has 2 atom stereocenters. The molecule has 0 aliphatic carbocycles. The molecule has 1 saturated heterocycles. The first-order valence-corrected chi connectivity index (χ1v) is 11.5. The summed E-state index contributed by atoms with van der Waals surface area (Å²) in [5.41, 5.74) is 0.416. The Hall–Kier alpha value is -2.78. The molecule has 2 aliphatic rings. The van der Waals surface area contributed by atoms with Gasteiger partial charge in [-0.1, -0.05) is 11.6 Å². The lowest BCUT2D eigenvalue weighted by Gasteiger charge is -2.36. The highest BCUT2D eigenvalue weighted by atomic mass is 35.5. The SMILES string of the molecule is COC(=O)[C@@H]1CC2(CCc3c(c(C)[n+]([O-])c4ccc(CO)c(Cl)c34)O2)CN1C(=O)OC(C)(C)C. The molecule has 1 N–H and O–H groups in total. The Balaban J connectivity index is 1.77. The Labute approximate surface area is 202 Å². The third-order valence-electron chi connectivity index (χ3n) is 6.45. The lowest BCUT2D eigenvalue weighted by Crippen LogP contribution is -2.46. The molecule has 2 aromatic rings. The number of halogens is 1. The monoisotopic (exact) mass is 492 g/mol. The summed E-state index contributed by atoms with van der Waals surface area (Å²) in [6, 6.07) is 2.41. The fourth-order valence-electron chi connectivity index (χ4n) is 4.85. The Bertz CT molecular complexity index is 1180. The minimum Gasteiger partial charge on any atom is -0.618 e. The number of methoxy groups -OCH3 is 1. The number of likely N-dealkylation sites (tertiary alicyclic amines) is 1. The number of esters is 1. The Morgan fingerprint density at radius 1 is 1.38 bits per heavy atom. The summed E-state index contributed by atoms with van der Waals surface area (Å²) in [7, 11) is 1.27. The van der Waals surface area contributed by atoms with E-state index in [1.54, 1.807) is 39.8 Å². The molecule has 1 aromatic carbocycles. The highest BCUT2D eigenvalue weighted by molar-refractivity contribution is 6.36. The van der Waals surface area contributed by atoms with Crippen LogP contribution in [0.5, 0.6) is 5.75 Å². The number of nitrogens with zero attached hydrogens (tertiary/aromatic N) is 2. The second-order valence-corrected chi connectivity index (χ2v) is 10.3. The van der Waals surface area contributed by atoms with Gasteiger partial charge in [0.1, 0.15) is 17.2 Å². The first kappa shape index (κ1) is 24.3. The molecule has 184 valence electrons. The third kappa shape index (κ3) is 4.01. The number of aryl methyl sites for hydroxylation is 1. The molecule has 10 heteroatoms. The molecule has 4 rings (SSSR count). The minimum absolute atomic E-state index is 0.113. The van der Waals surface area contributed by atoms with E-state index in [4.69, 9.17) is 25.8 Å². The summed E-state index contributed by atoms with van der Waals surface area (Å²) >= 11 is 6.57. The van der Waals surface area contributed by atoms with Gasteiger partial charge in [0, 0.05) is 25.0 Å². The van der Waals surface area contributed by atoms with E-state index in [-0.39, 0.29) is 19.6 Å². The maximum absolute atomic E-state index is 13.1. The Morgan fingerprint density at radius 2 is 2.09 bits per heavy atom. The molecule has 1 unspecified atom stereocenters. The Morgan fingerprint density at radius 3 is 2.71 bits per heavy atom. The number of rotatable bonds is 2. The summed E-state index contributed by atoms with van der Waals surface area (Å²) in [5, 5.41) is 23.6. The second kappa shape index (κ2) is 8.46. The van der Waals surface area contributed by atoms with Crippen molar-refractivity contribution >= 4 is 34.6 Å². The van der Waals surface area contributed by atoms with Gasteiger partial charge in [-0.05, 0) is 45.2 Å². The van der Waals surface area contributed by atoms with Gasteiger partial charge in [-0.25, -0.2) is 9.59 Å². The number of aliphatic hydroxyl groups is 1. The van der Waals surface area contributed by atoms with Gasteiger partial charge in [-0.15, -0.1) is 0 Å². The molecule has 3 heterocycles. The minimum atomic E-state index is -0.894. The van der Waals surface area contributed by atoms with Crippen LogP contribution in [0.1, 0.15) is 50.4 Å². The first-order valence-electron chi connectivity index (χ1n) is 11.1. The number of fused-ring (bicyclic) bond motifs is 3. The summed E-state index contributed by atoms with van der Waals surface area (Å²) in [4.78, 5) is 26.8. The molecule has 1 amide bonds. The van der Waals surface area contributed by atoms with E-state index in [9.17, 15) is 19.9 Å². The fraction of sp³-hybridized carbons (Fsp3) is 0.542. The quantitative estimate of drug-likeness (QED) is 0.389. The zero-order chi connectivity index (χ0) is 25.0. The van der Waals surface area contributed by atoms with E-state index in [2.05, 4.69) is 0 Å². The van der Waals surface area contributed by atoms with Crippen molar-refractivity contribution in [3.63, 3.8) is 0 Å². The molecule has 34 heavy (non-hydrogen) atoms. The van der Waals surface area contributed by atoms with Crippen LogP contribution in [0.3, 0.4) is 0 Å². The summed E-state index contributed by atoms with van der Waals surface area (Å²) < 4.78 is 17.7. The van der Waals surface area contributed by atoms with Crippen LogP contribution < -0.4 is 9.47 Å². The molecular formula is C24H29ClN2O7. The third-order valence-corrected chi connectivity index (χ3v) is 6.88. The maximum Gasteiger partial charge on any atom is 0.411 e. The van der Waals surface area contributed by atoms with Crippen molar-refractivity contribution in [2.24, 2.45) is 0 Å². The first-order chi connectivity index (χ1) is 15.9. The molecule has 1 aromatic heterocycles. The molecule has 0 radical (unpaired) electrons. The fourth-order valence-corrected chi connectivity index (χ4v) is 5.18. The lowest BCUT2D eigenvalue weighted by atomic mass is 9.87. The standard InChI is InChI=1S/C24H29ClN2O7/c1-13-20-15(18-16(27(13)31)7-6-14(11-28)19(18)25)8-9-24(33-20)10-17(21(29)32-5)26(12-24)22(30)34-23(2,3)4/h6-7,17,28H,8-12H2,1-5H3/t17-,24?/m0/s1. The molecule has 9 nitrogen and oxygen atoms in total. The highest BCUT2D eigenvalue weighted by Crippen LogP contribution is 2.46. The van der Waals surface area contributed by atoms with E-state index in [1.165, 1.54) is 12.0 Å². The van der Waals surface area contributed by atoms with Gasteiger partial charge in [0.25, 0.3) is 0 Å². The van der Waals surface area contributed by atoms with E-state index in [0.717, 1.165) is 10.3 Å². The summed E-state index contributed by atoms with van der Waals surface area (Å²) in [6.45, 7) is 6.78. The smallest absolute Gasteiger partial charge is 0.411 e. The molecule has 1 fully saturated rings. The second-order valence-electron chi connectivity index (χ2n) is 9.91. The number of hydrogen-bond acceptors (Lipinski definition) is 7.